The van der Waals surface area contributed by atoms with Gasteiger partial charge in [-0.2, -0.15) is 0 Å². The Balaban J connectivity index is 1.66. The quantitative estimate of drug-likeness (QED) is 0.694. The Morgan fingerprint density at radius 1 is 1.07 bits per heavy atom. The van der Waals surface area contributed by atoms with Crippen molar-refractivity contribution in [3.63, 3.8) is 0 Å². The molecule has 0 bridgehead atoms. The van der Waals surface area contributed by atoms with E-state index in [4.69, 9.17) is 14.2 Å². The molecule has 1 N–H and O–H groups in total. The number of benzene rings is 2. The van der Waals surface area contributed by atoms with E-state index in [2.05, 4.69) is 47.0 Å². The number of nitrogens with zero attached hydrogens (tertiary/aromatic N) is 2. The number of hydrogen-bond donors (Lipinski definition) is 1. The van der Waals surface area contributed by atoms with Gasteiger partial charge in [0.25, 0.3) is 0 Å². The first-order valence-corrected chi connectivity index (χ1v) is 9.87. The monoisotopic (exact) mass is 396 g/mol. The standard InChI is InChI=1S/C23H28N2O4/c1-24-9-8-17-12-16(4-6-19(17)24)14-25-10-11-29-22(15-26)23(25)18-5-7-20(27-2)21(13-18)28-3/h4-9,12-13,22-23,26H,10-11,14-15H2,1-3H3/t22-,23-/m1/s1. The number of aryl methyl sites for hydroxylation is 1. The normalized spacial score (nSPS) is 20.1. The van der Waals surface area contributed by atoms with Gasteiger partial charge in [0.1, 0.15) is 6.10 Å². The molecule has 6 heteroatoms. The summed E-state index contributed by atoms with van der Waals surface area (Å²) in [5, 5.41) is 11.2. The van der Waals surface area contributed by atoms with Crippen LogP contribution in [-0.4, -0.2) is 54.7 Å². The van der Waals surface area contributed by atoms with Gasteiger partial charge in [-0.15, -0.1) is 0 Å². The lowest BCUT2D eigenvalue weighted by molar-refractivity contribution is -0.0960. The van der Waals surface area contributed by atoms with Crippen LogP contribution in [0.4, 0.5) is 0 Å². The third-order valence-corrected chi connectivity index (χ3v) is 5.72. The lowest BCUT2D eigenvalue weighted by atomic mass is 9.97. The SMILES string of the molecule is COc1ccc([C@@H]2[C@@H](CO)OCCN2Cc2ccc3c(ccn3C)c2)cc1OC. The van der Waals surface area contributed by atoms with E-state index in [0.717, 1.165) is 18.7 Å². The Labute approximate surface area is 171 Å². The summed E-state index contributed by atoms with van der Waals surface area (Å²) in [6.45, 7) is 2.14. The molecule has 154 valence electrons. The van der Waals surface area contributed by atoms with Crippen molar-refractivity contribution in [1.29, 1.82) is 0 Å². The van der Waals surface area contributed by atoms with Crippen LogP contribution in [0.25, 0.3) is 10.9 Å². The molecule has 3 aromatic rings. The molecule has 4 rings (SSSR count). The first-order chi connectivity index (χ1) is 14.1. The number of morpholine rings is 1. The summed E-state index contributed by atoms with van der Waals surface area (Å²) >= 11 is 0. The topological polar surface area (TPSA) is 56.1 Å². The fraction of sp³-hybridized carbons (Fsp3) is 0.391. The van der Waals surface area contributed by atoms with Gasteiger partial charge in [-0.05, 0) is 46.8 Å². The van der Waals surface area contributed by atoms with Crippen LogP contribution in [-0.2, 0) is 18.3 Å². The number of fused-ring (bicyclic) bond motifs is 1. The second kappa shape index (κ2) is 8.45. The smallest absolute Gasteiger partial charge is 0.161 e. The first kappa shape index (κ1) is 19.8. The molecule has 0 saturated carbocycles. The Bertz CT molecular complexity index is 984. The van der Waals surface area contributed by atoms with Crippen molar-refractivity contribution < 1.29 is 19.3 Å². The van der Waals surface area contributed by atoms with Crippen LogP contribution in [0.2, 0.25) is 0 Å². The van der Waals surface area contributed by atoms with Gasteiger partial charge < -0.3 is 23.9 Å². The molecule has 1 saturated heterocycles. The second-order valence-electron chi connectivity index (χ2n) is 7.44. The van der Waals surface area contributed by atoms with E-state index >= 15 is 0 Å². The Morgan fingerprint density at radius 2 is 1.90 bits per heavy atom. The largest absolute Gasteiger partial charge is 0.493 e. The number of aliphatic hydroxyl groups is 1. The first-order valence-electron chi connectivity index (χ1n) is 9.87. The van der Waals surface area contributed by atoms with Gasteiger partial charge in [0, 0.05) is 31.9 Å². The molecule has 0 spiro atoms. The zero-order valence-corrected chi connectivity index (χ0v) is 17.2. The number of rotatable bonds is 6. The summed E-state index contributed by atoms with van der Waals surface area (Å²) < 4.78 is 18.9. The highest BCUT2D eigenvalue weighted by molar-refractivity contribution is 5.80. The van der Waals surface area contributed by atoms with Gasteiger partial charge >= 0.3 is 0 Å². The molecular formula is C23H28N2O4. The zero-order valence-electron chi connectivity index (χ0n) is 17.2. The average molecular weight is 396 g/mol. The molecule has 6 nitrogen and oxygen atoms in total. The van der Waals surface area contributed by atoms with E-state index in [-0.39, 0.29) is 18.8 Å². The van der Waals surface area contributed by atoms with Crippen LogP contribution in [0, 0.1) is 0 Å². The Hall–Kier alpha value is -2.54. The van der Waals surface area contributed by atoms with Crippen molar-refractivity contribution in [1.82, 2.24) is 9.47 Å². The highest BCUT2D eigenvalue weighted by atomic mass is 16.5. The van der Waals surface area contributed by atoms with Crippen molar-refractivity contribution in [3.8, 4) is 11.5 Å². The minimum absolute atomic E-state index is 0.0345. The molecular weight excluding hydrogens is 368 g/mol. The molecule has 1 fully saturated rings. The van der Waals surface area contributed by atoms with Crippen molar-refractivity contribution >= 4 is 10.9 Å². The van der Waals surface area contributed by atoms with Crippen LogP contribution in [0.5, 0.6) is 11.5 Å². The fourth-order valence-electron chi connectivity index (χ4n) is 4.24. The second-order valence-corrected chi connectivity index (χ2v) is 7.44. The Morgan fingerprint density at radius 3 is 2.66 bits per heavy atom. The highest BCUT2D eigenvalue weighted by Crippen LogP contribution is 2.36. The maximum Gasteiger partial charge on any atom is 0.161 e. The van der Waals surface area contributed by atoms with Crippen molar-refractivity contribution in [2.45, 2.75) is 18.7 Å². The average Bonchev–Trinajstić information content (AvgIpc) is 3.13. The molecule has 0 unspecified atom stereocenters. The van der Waals surface area contributed by atoms with Crippen LogP contribution in [0.3, 0.4) is 0 Å². The van der Waals surface area contributed by atoms with Crippen LogP contribution < -0.4 is 9.47 Å². The third-order valence-electron chi connectivity index (χ3n) is 5.72. The summed E-state index contributed by atoms with van der Waals surface area (Å²) in [4.78, 5) is 2.37. The molecule has 2 aromatic carbocycles. The van der Waals surface area contributed by atoms with E-state index in [1.165, 1.54) is 16.5 Å². The van der Waals surface area contributed by atoms with Crippen molar-refractivity contribution in [3.05, 3.63) is 59.8 Å². The lowest BCUT2D eigenvalue weighted by Crippen LogP contribution is -2.46. The summed E-state index contributed by atoms with van der Waals surface area (Å²) in [5.74, 6) is 1.37. The van der Waals surface area contributed by atoms with Gasteiger partial charge in [-0.3, -0.25) is 4.90 Å². The van der Waals surface area contributed by atoms with Crippen LogP contribution in [0.15, 0.2) is 48.7 Å². The predicted octanol–water partition coefficient (Wildman–Crippen LogP) is 3.13. The molecule has 29 heavy (non-hydrogen) atoms. The zero-order chi connectivity index (χ0) is 20.4. The van der Waals surface area contributed by atoms with E-state index in [1.807, 2.05) is 18.2 Å². The number of hydrogen-bond acceptors (Lipinski definition) is 5. The third kappa shape index (κ3) is 3.83. The number of methoxy groups -OCH3 is 2. The minimum Gasteiger partial charge on any atom is -0.493 e. The minimum atomic E-state index is -0.290. The molecule has 1 aliphatic rings. The molecule has 0 amide bonds. The lowest BCUT2D eigenvalue weighted by Gasteiger charge is -2.41. The maximum absolute atomic E-state index is 9.97. The number of aromatic nitrogens is 1. The number of ether oxygens (including phenoxy) is 3. The van der Waals surface area contributed by atoms with Crippen LogP contribution >= 0.6 is 0 Å². The summed E-state index contributed by atoms with van der Waals surface area (Å²) in [6, 6.07) is 14.6. The molecule has 0 radical (unpaired) electrons. The fourth-order valence-corrected chi connectivity index (χ4v) is 4.24. The summed E-state index contributed by atoms with van der Waals surface area (Å²) in [5.41, 5.74) is 3.51. The van der Waals surface area contributed by atoms with Gasteiger partial charge in [0.05, 0.1) is 33.5 Å². The molecule has 1 aliphatic heterocycles. The van der Waals surface area contributed by atoms with Crippen molar-refractivity contribution in [2.75, 3.05) is 34.0 Å². The Kier molecular flexibility index (Phi) is 5.76. The molecule has 1 aromatic heterocycles. The van der Waals surface area contributed by atoms with Gasteiger partial charge in [-0.1, -0.05) is 12.1 Å². The van der Waals surface area contributed by atoms with Crippen molar-refractivity contribution in [2.24, 2.45) is 7.05 Å². The molecule has 2 atom stereocenters. The number of aliphatic hydroxyl groups excluding tert-OH is 1. The summed E-state index contributed by atoms with van der Waals surface area (Å²) in [7, 11) is 5.32. The van der Waals surface area contributed by atoms with Gasteiger partial charge in [0.2, 0.25) is 0 Å². The van der Waals surface area contributed by atoms with E-state index < -0.39 is 0 Å². The maximum atomic E-state index is 9.97. The van der Waals surface area contributed by atoms with E-state index in [0.29, 0.717) is 18.1 Å². The van der Waals surface area contributed by atoms with Gasteiger partial charge in [-0.25, -0.2) is 0 Å². The van der Waals surface area contributed by atoms with E-state index in [9.17, 15) is 5.11 Å². The van der Waals surface area contributed by atoms with Crippen LogP contribution in [0.1, 0.15) is 17.2 Å². The van der Waals surface area contributed by atoms with Gasteiger partial charge in [0.15, 0.2) is 11.5 Å². The highest BCUT2D eigenvalue weighted by Gasteiger charge is 2.33. The van der Waals surface area contributed by atoms with E-state index in [1.54, 1.807) is 14.2 Å². The molecule has 2 heterocycles. The summed E-state index contributed by atoms with van der Waals surface area (Å²) in [6.07, 6.45) is 1.79. The predicted molar refractivity (Wildman–Crippen MR) is 112 cm³/mol. The molecule has 0 aliphatic carbocycles.